The number of alkyl halides is 2. The Bertz CT molecular complexity index is 937. The molecule has 1 heterocycles. The highest BCUT2D eigenvalue weighted by atomic mass is 35.5. The van der Waals surface area contributed by atoms with Crippen molar-refractivity contribution in [3.8, 4) is 11.5 Å². The average molecular weight is 411 g/mol. The third-order valence-electron chi connectivity index (χ3n) is 3.71. The quantitative estimate of drug-likeness (QED) is 0.591. The van der Waals surface area contributed by atoms with Gasteiger partial charge in [-0.2, -0.15) is 8.78 Å². The number of benzene rings is 2. The van der Waals surface area contributed by atoms with Gasteiger partial charge in [-0.3, -0.25) is 9.69 Å². The first-order chi connectivity index (χ1) is 12.9. The number of ether oxygens (including phenoxy) is 2. The van der Waals surface area contributed by atoms with Crippen molar-refractivity contribution in [2.75, 3.05) is 12.0 Å². The highest BCUT2D eigenvalue weighted by Crippen LogP contribution is 2.35. The second-order valence-corrected chi connectivity index (χ2v) is 6.13. The van der Waals surface area contributed by atoms with Crippen LogP contribution in [0.4, 0.5) is 14.5 Å². The van der Waals surface area contributed by atoms with Crippen LogP contribution in [0.2, 0.25) is 5.02 Å². The molecule has 0 unspecified atom stereocenters. The highest BCUT2D eigenvalue weighted by Gasteiger charge is 2.33. The van der Waals surface area contributed by atoms with E-state index in [0.29, 0.717) is 10.7 Å². The number of amides is 1. The van der Waals surface area contributed by atoms with E-state index >= 15 is 0 Å². The van der Waals surface area contributed by atoms with Crippen LogP contribution in [0.25, 0.3) is 6.08 Å². The van der Waals surface area contributed by atoms with Gasteiger partial charge < -0.3 is 14.8 Å². The van der Waals surface area contributed by atoms with Gasteiger partial charge in [0.25, 0.3) is 5.91 Å². The lowest BCUT2D eigenvalue weighted by Gasteiger charge is -2.15. The monoisotopic (exact) mass is 410 g/mol. The van der Waals surface area contributed by atoms with E-state index in [-0.39, 0.29) is 27.9 Å². The molecule has 1 amide bonds. The molecular formula is C18H13ClF2N2O3S. The van der Waals surface area contributed by atoms with E-state index in [1.54, 1.807) is 30.3 Å². The van der Waals surface area contributed by atoms with Gasteiger partial charge in [-0.25, -0.2) is 0 Å². The first-order valence-electron chi connectivity index (χ1n) is 7.66. The maximum atomic E-state index is 12.8. The summed E-state index contributed by atoms with van der Waals surface area (Å²) in [7, 11) is 1.33. The number of carbonyl (C=O) groups is 1. The van der Waals surface area contributed by atoms with Gasteiger partial charge in [0, 0.05) is 5.56 Å². The second kappa shape index (κ2) is 7.89. The Morgan fingerprint density at radius 3 is 2.63 bits per heavy atom. The first kappa shape index (κ1) is 19.1. The van der Waals surface area contributed by atoms with Gasteiger partial charge in [-0.05, 0) is 36.5 Å². The molecule has 140 valence electrons. The fourth-order valence-electron chi connectivity index (χ4n) is 2.56. The second-order valence-electron chi connectivity index (χ2n) is 5.34. The molecule has 3 rings (SSSR count). The molecule has 1 saturated heterocycles. The SMILES string of the molecule is COc1cccc(/C=C2\NC(=S)N(c3ccccc3Cl)C2=O)c1OC(F)F. The van der Waals surface area contributed by atoms with Gasteiger partial charge >= 0.3 is 6.61 Å². The minimum Gasteiger partial charge on any atom is -0.493 e. The third kappa shape index (κ3) is 3.86. The van der Waals surface area contributed by atoms with Crippen molar-refractivity contribution in [3.63, 3.8) is 0 Å². The van der Waals surface area contributed by atoms with Crippen LogP contribution >= 0.6 is 23.8 Å². The van der Waals surface area contributed by atoms with Gasteiger partial charge in [-0.1, -0.05) is 35.9 Å². The van der Waals surface area contributed by atoms with Crippen LogP contribution in [-0.4, -0.2) is 24.7 Å². The van der Waals surface area contributed by atoms with Gasteiger partial charge in [0.2, 0.25) is 0 Å². The summed E-state index contributed by atoms with van der Waals surface area (Å²) in [5.74, 6) is -0.543. The maximum Gasteiger partial charge on any atom is 0.387 e. The first-order valence-corrected chi connectivity index (χ1v) is 8.44. The van der Waals surface area contributed by atoms with E-state index in [1.807, 2.05) is 0 Å². The molecule has 1 fully saturated rings. The minimum atomic E-state index is -3.05. The Morgan fingerprint density at radius 2 is 1.96 bits per heavy atom. The zero-order chi connectivity index (χ0) is 19.6. The van der Waals surface area contributed by atoms with Crippen LogP contribution in [0.3, 0.4) is 0 Å². The number of hydrogen-bond acceptors (Lipinski definition) is 4. The molecule has 0 aromatic heterocycles. The molecule has 1 aliphatic heterocycles. The molecule has 0 saturated carbocycles. The van der Waals surface area contributed by atoms with Crippen LogP contribution in [0, 0.1) is 0 Å². The molecule has 1 aliphatic rings. The largest absolute Gasteiger partial charge is 0.493 e. The summed E-state index contributed by atoms with van der Waals surface area (Å²) in [5.41, 5.74) is 0.737. The van der Waals surface area contributed by atoms with E-state index < -0.39 is 12.5 Å². The summed E-state index contributed by atoms with van der Waals surface area (Å²) in [4.78, 5) is 14.0. The summed E-state index contributed by atoms with van der Waals surface area (Å²) < 4.78 is 35.2. The number of anilines is 1. The lowest BCUT2D eigenvalue weighted by molar-refractivity contribution is -0.113. The number of halogens is 3. The molecular weight excluding hydrogens is 398 g/mol. The van der Waals surface area contributed by atoms with Crippen LogP contribution in [0.15, 0.2) is 48.2 Å². The molecule has 0 atom stereocenters. The molecule has 9 heteroatoms. The number of methoxy groups -OCH3 is 1. The Labute approximate surface area is 164 Å². The van der Waals surface area contributed by atoms with Crippen molar-refractivity contribution >= 4 is 46.6 Å². The van der Waals surface area contributed by atoms with Crippen molar-refractivity contribution < 1.29 is 23.0 Å². The molecule has 2 aromatic rings. The fourth-order valence-corrected chi connectivity index (χ4v) is 3.08. The molecule has 27 heavy (non-hydrogen) atoms. The molecule has 0 spiro atoms. The number of nitrogens with zero attached hydrogens (tertiary/aromatic N) is 1. The molecule has 0 aliphatic carbocycles. The Hall–Kier alpha value is -2.71. The van der Waals surface area contributed by atoms with E-state index in [9.17, 15) is 13.6 Å². The molecule has 1 N–H and O–H groups in total. The predicted octanol–water partition coefficient (Wildman–Crippen LogP) is 4.21. The lowest BCUT2D eigenvalue weighted by atomic mass is 10.1. The smallest absolute Gasteiger partial charge is 0.387 e. The average Bonchev–Trinajstić information content (AvgIpc) is 2.90. The predicted molar refractivity (Wildman–Crippen MR) is 102 cm³/mol. The molecule has 0 radical (unpaired) electrons. The summed E-state index contributed by atoms with van der Waals surface area (Å²) in [5, 5.41) is 3.24. The summed E-state index contributed by atoms with van der Waals surface area (Å²) in [6.45, 7) is -3.05. The number of nitrogens with one attached hydrogen (secondary N) is 1. The normalized spacial score (nSPS) is 15.4. The fraction of sp³-hybridized carbons (Fsp3) is 0.111. The van der Waals surface area contributed by atoms with Crippen molar-refractivity contribution in [2.45, 2.75) is 6.61 Å². The Kier molecular flexibility index (Phi) is 5.57. The topological polar surface area (TPSA) is 50.8 Å². The standard InChI is InChI=1S/C18H13ClF2N2O3S/c1-25-14-8-4-5-10(15(14)26-17(20)21)9-12-16(24)23(18(27)22-12)13-7-3-2-6-11(13)19/h2-9,17H,1H3,(H,22,27)/b12-9-. The van der Waals surface area contributed by atoms with Crippen LogP contribution in [0.5, 0.6) is 11.5 Å². The molecule has 2 aromatic carbocycles. The van der Waals surface area contributed by atoms with Crippen molar-refractivity contribution in [2.24, 2.45) is 0 Å². The van der Waals surface area contributed by atoms with Gasteiger partial charge in [-0.15, -0.1) is 0 Å². The van der Waals surface area contributed by atoms with Gasteiger partial charge in [0.15, 0.2) is 16.6 Å². The number of carbonyl (C=O) groups excluding carboxylic acids is 1. The number of hydrogen-bond donors (Lipinski definition) is 1. The van der Waals surface area contributed by atoms with Crippen LogP contribution in [0.1, 0.15) is 5.56 Å². The molecule has 0 bridgehead atoms. The number of para-hydroxylation sites is 2. The highest BCUT2D eigenvalue weighted by molar-refractivity contribution is 7.80. The van der Waals surface area contributed by atoms with Crippen molar-refractivity contribution in [1.29, 1.82) is 0 Å². The minimum absolute atomic E-state index is 0.0901. The summed E-state index contributed by atoms with van der Waals surface area (Å²) >= 11 is 11.4. The zero-order valence-corrected chi connectivity index (χ0v) is 15.5. The van der Waals surface area contributed by atoms with Crippen molar-refractivity contribution in [3.05, 3.63) is 58.7 Å². The Morgan fingerprint density at radius 1 is 1.22 bits per heavy atom. The van der Waals surface area contributed by atoms with E-state index in [4.69, 9.17) is 28.6 Å². The van der Waals surface area contributed by atoms with Crippen LogP contribution < -0.4 is 19.7 Å². The maximum absolute atomic E-state index is 12.8. The third-order valence-corrected chi connectivity index (χ3v) is 4.31. The van der Waals surface area contributed by atoms with Crippen molar-refractivity contribution in [1.82, 2.24) is 5.32 Å². The van der Waals surface area contributed by atoms with Gasteiger partial charge in [0.1, 0.15) is 5.70 Å². The van der Waals surface area contributed by atoms with E-state index in [2.05, 4.69) is 10.1 Å². The Balaban J connectivity index is 2.01. The number of thiocarbonyl (C=S) groups is 1. The van der Waals surface area contributed by atoms with E-state index in [0.717, 1.165) is 0 Å². The zero-order valence-electron chi connectivity index (χ0n) is 13.9. The number of rotatable bonds is 5. The van der Waals surface area contributed by atoms with Crippen LogP contribution in [-0.2, 0) is 4.79 Å². The molecule has 5 nitrogen and oxygen atoms in total. The van der Waals surface area contributed by atoms with E-state index in [1.165, 1.54) is 30.2 Å². The summed E-state index contributed by atoms with van der Waals surface area (Å²) in [6, 6.07) is 11.3. The lowest BCUT2D eigenvalue weighted by Crippen LogP contribution is -2.30. The summed E-state index contributed by atoms with van der Waals surface area (Å²) in [6.07, 6.45) is 1.37. The van der Waals surface area contributed by atoms with Gasteiger partial charge in [0.05, 0.1) is 17.8 Å².